The van der Waals surface area contributed by atoms with Gasteiger partial charge in [-0.15, -0.1) is 0 Å². The molecule has 0 radical (unpaired) electrons. The molecule has 1 unspecified atom stereocenters. The molecule has 1 rings (SSSR count). The van der Waals surface area contributed by atoms with Crippen molar-refractivity contribution in [3.63, 3.8) is 0 Å². The summed E-state index contributed by atoms with van der Waals surface area (Å²) in [5.41, 5.74) is -0.126. The number of rotatable bonds is 7. The summed E-state index contributed by atoms with van der Waals surface area (Å²) in [5, 5.41) is 6.52. The van der Waals surface area contributed by atoms with Crippen molar-refractivity contribution >= 4 is 5.91 Å². The fourth-order valence-corrected chi connectivity index (χ4v) is 2.73. The first-order chi connectivity index (χ1) is 8.25. The van der Waals surface area contributed by atoms with Gasteiger partial charge in [-0.2, -0.15) is 0 Å². The minimum Gasteiger partial charge on any atom is -0.356 e. The third kappa shape index (κ3) is 4.30. The van der Waals surface area contributed by atoms with Crippen LogP contribution in [0.5, 0.6) is 0 Å². The fourth-order valence-electron chi connectivity index (χ4n) is 2.73. The second kappa shape index (κ2) is 7.70. The first-order valence-electron chi connectivity index (χ1n) is 7.24. The van der Waals surface area contributed by atoms with E-state index in [-0.39, 0.29) is 11.3 Å². The van der Waals surface area contributed by atoms with Gasteiger partial charge in [0.1, 0.15) is 0 Å². The number of amides is 1. The van der Waals surface area contributed by atoms with Crippen molar-refractivity contribution in [3.05, 3.63) is 0 Å². The van der Waals surface area contributed by atoms with Crippen LogP contribution in [0.15, 0.2) is 0 Å². The van der Waals surface area contributed by atoms with Crippen molar-refractivity contribution in [2.24, 2.45) is 5.41 Å². The van der Waals surface area contributed by atoms with Crippen LogP contribution < -0.4 is 10.6 Å². The lowest BCUT2D eigenvalue weighted by atomic mass is 9.76. The van der Waals surface area contributed by atoms with Gasteiger partial charge >= 0.3 is 0 Å². The van der Waals surface area contributed by atoms with E-state index in [2.05, 4.69) is 24.5 Å². The van der Waals surface area contributed by atoms with Crippen molar-refractivity contribution < 1.29 is 4.79 Å². The van der Waals surface area contributed by atoms with Crippen LogP contribution in [0.1, 0.15) is 58.8 Å². The van der Waals surface area contributed by atoms with Crippen molar-refractivity contribution in [2.45, 2.75) is 58.8 Å². The van der Waals surface area contributed by atoms with Gasteiger partial charge in [0.2, 0.25) is 5.91 Å². The molecule has 3 nitrogen and oxygen atoms in total. The van der Waals surface area contributed by atoms with Crippen LogP contribution in [0.25, 0.3) is 0 Å². The Hall–Kier alpha value is -0.570. The first kappa shape index (κ1) is 14.5. The highest BCUT2D eigenvalue weighted by molar-refractivity contribution is 5.83. The van der Waals surface area contributed by atoms with Gasteiger partial charge in [-0.05, 0) is 32.2 Å². The van der Waals surface area contributed by atoms with E-state index in [1.807, 2.05) is 0 Å². The maximum absolute atomic E-state index is 12.3. The van der Waals surface area contributed by atoms with Gasteiger partial charge in [-0.3, -0.25) is 4.79 Å². The van der Waals surface area contributed by atoms with Gasteiger partial charge in [0.05, 0.1) is 5.41 Å². The van der Waals surface area contributed by atoms with E-state index in [0.717, 1.165) is 51.7 Å². The summed E-state index contributed by atoms with van der Waals surface area (Å²) in [5.74, 6) is 0.280. The van der Waals surface area contributed by atoms with E-state index in [4.69, 9.17) is 0 Å². The number of hydrogen-bond acceptors (Lipinski definition) is 2. The molecule has 1 amide bonds. The monoisotopic (exact) mass is 240 g/mol. The van der Waals surface area contributed by atoms with Crippen molar-refractivity contribution in [2.75, 3.05) is 19.6 Å². The molecule has 0 spiro atoms. The van der Waals surface area contributed by atoms with E-state index in [0.29, 0.717) is 0 Å². The highest BCUT2D eigenvalue weighted by Gasteiger charge is 2.38. The smallest absolute Gasteiger partial charge is 0.227 e. The molecule has 0 aliphatic carbocycles. The highest BCUT2D eigenvalue weighted by atomic mass is 16.2. The van der Waals surface area contributed by atoms with Gasteiger partial charge in [-0.25, -0.2) is 0 Å². The minimum atomic E-state index is -0.126. The Bertz CT molecular complexity index is 217. The molecule has 2 N–H and O–H groups in total. The third-order valence-corrected chi connectivity index (χ3v) is 3.75. The second-order valence-corrected chi connectivity index (χ2v) is 5.27. The van der Waals surface area contributed by atoms with Crippen LogP contribution >= 0.6 is 0 Å². The maximum atomic E-state index is 12.3. The minimum absolute atomic E-state index is 0.126. The zero-order chi connectivity index (χ0) is 12.6. The van der Waals surface area contributed by atoms with Crippen LogP contribution in [0, 0.1) is 5.41 Å². The Morgan fingerprint density at radius 1 is 1.29 bits per heavy atom. The zero-order valence-electron chi connectivity index (χ0n) is 11.5. The Morgan fingerprint density at radius 3 is 2.71 bits per heavy atom. The molecule has 1 heterocycles. The summed E-state index contributed by atoms with van der Waals surface area (Å²) >= 11 is 0. The Labute approximate surface area is 106 Å². The Morgan fingerprint density at radius 2 is 2.12 bits per heavy atom. The summed E-state index contributed by atoms with van der Waals surface area (Å²) < 4.78 is 0. The Balaban J connectivity index is 2.42. The number of hydrogen-bond donors (Lipinski definition) is 2. The number of unbranched alkanes of at least 4 members (excludes halogenated alkanes) is 2. The average molecular weight is 240 g/mol. The van der Waals surface area contributed by atoms with Crippen LogP contribution in [-0.4, -0.2) is 25.5 Å². The maximum Gasteiger partial charge on any atom is 0.227 e. The normalized spacial score (nSPS) is 24.6. The molecule has 1 aliphatic heterocycles. The standard InChI is InChI=1S/C14H28N2O/c1-3-5-6-11-16-13(17)14(8-4-2)9-7-10-15-12-14/h15H,3-12H2,1-2H3,(H,16,17). The van der Waals surface area contributed by atoms with Crippen molar-refractivity contribution in [1.29, 1.82) is 0 Å². The molecule has 3 heteroatoms. The number of piperidine rings is 1. The molecule has 1 saturated heterocycles. The molecule has 1 aliphatic rings. The van der Waals surface area contributed by atoms with Crippen LogP contribution in [0.4, 0.5) is 0 Å². The van der Waals surface area contributed by atoms with Crippen molar-refractivity contribution in [1.82, 2.24) is 10.6 Å². The number of carbonyl (C=O) groups excluding carboxylic acids is 1. The van der Waals surface area contributed by atoms with Crippen molar-refractivity contribution in [3.8, 4) is 0 Å². The lowest BCUT2D eigenvalue weighted by Crippen LogP contribution is -2.50. The number of carbonyl (C=O) groups is 1. The molecule has 0 aromatic rings. The van der Waals surface area contributed by atoms with Gasteiger partial charge < -0.3 is 10.6 Å². The highest BCUT2D eigenvalue weighted by Crippen LogP contribution is 2.31. The van der Waals surface area contributed by atoms with Crippen LogP contribution in [-0.2, 0) is 4.79 Å². The third-order valence-electron chi connectivity index (χ3n) is 3.75. The predicted molar refractivity (Wildman–Crippen MR) is 72.0 cm³/mol. The Kier molecular flexibility index (Phi) is 6.56. The summed E-state index contributed by atoms with van der Waals surface area (Å²) in [7, 11) is 0. The molecule has 0 saturated carbocycles. The first-order valence-corrected chi connectivity index (χ1v) is 7.24. The lowest BCUT2D eigenvalue weighted by molar-refractivity contribution is -0.132. The average Bonchev–Trinajstić information content (AvgIpc) is 2.36. The molecule has 0 aromatic heterocycles. The van der Waals surface area contributed by atoms with E-state index in [1.54, 1.807) is 0 Å². The fraction of sp³-hybridized carbons (Fsp3) is 0.929. The molecule has 17 heavy (non-hydrogen) atoms. The van der Waals surface area contributed by atoms with E-state index < -0.39 is 0 Å². The summed E-state index contributed by atoms with van der Waals surface area (Å²) in [6.45, 7) is 7.12. The lowest BCUT2D eigenvalue weighted by Gasteiger charge is -2.36. The van der Waals surface area contributed by atoms with Gasteiger partial charge in [0.15, 0.2) is 0 Å². The molecule has 1 fully saturated rings. The van der Waals surface area contributed by atoms with E-state index in [9.17, 15) is 4.79 Å². The molecule has 1 atom stereocenters. The summed E-state index contributed by atoms with van der Waals surface area (Å²) in [4.78, 5) is 12.3. The van der Waals surface area contributed by atoms with Crippen LogP contribution in [0.3, 0.4) is 0 Å². The summed E-state index contributed by atoms with van der Waals surface area (Å²) in [6, 6.07) is 0. The summed E-state index contributed by atoms with van der Waals surface area (Å²) in [6.07, 6.45) is 7.80. The van der Waals surface area contributed by atoms with Crippen LogP contribution in [0.2, 0.25) is 0 Å². The van der Waals surface area contributed by atoms with Gasteiger partial charge in [-0.1, -0.05) is 33.1 Å². The quantitative estimate of drug-likeness (QED) is 0.671. The largest absolute Gasteiger partial charge is 0.356 e. The molecular weight excluding hydrogens is 212 g/mol. The molecule has 0 aromatic carbocycles. The zero-order valence-corrected chi connectivity index (χ0v) is 11.5. The molecule has 100 valence electrons. The number of nitrogens with one attached hydrogen (secondary N) is 2. The van der Waals surface area contributed by atoms with Gasteiger partial charge in [0, 0.05) is 13.1 Å². The molecule has 0 bridgehead atoms. The second-order valence-electron chi connectivity index (χ2n) is 5.27. The van der Waals surface area contributed by atoms with E-state index in [1.165, 1.54) is 12.8 Å². The SMILES string of the molecule is CCCCCNC(=O)C1(CCC)CCCNC1. The molecular formula is C14H28N2O. The predicted octanol–water partition coefficient (Wildman–Crippen LogP) is 2.46. The van der Waals surface area contributed by atoms with E-state index >= 15 is 0 Å². The topological polar surface area (TPSA) is 41.1 Å². The van der Waals surface area contributed by atoms with Gasteiger partial charge in [0.25, 0.3) is 0 Å².